The molecule has 2 amide bonds. The second kappa shape index (κ2) is 6.08. The molecule has 7 heteroatoms. The topological polar surface area (TPSA) is 94.2 Å². The SMILES string of the molecule is Cc1cc(NC(=O)NCc2cccc(F)c2)c(C(=O)O)[nH]1. The number of carboxylic acid groups (broad SMARTS) is 1. The summed E-state index contributed by atoms with van der Waals surface area (Å²) in [7, 11) is 0. The number of hydrogen-bond donors (Lipinski definition) is 4. The van der Waals surface area contributed by atoms with Crippen molar-refractivity contribution in [3.8, 4) is 0 Å². The van der Waals surface area contributed by atoms with Crippen LogP contribution in [0.3, 0.4) is 0 Å². The lowest BCUT2D eigenvalue weighted by atomic mass is 10.2. The van der Waals surface area contributed by atoms with E-state index in [2.05, 4.69) is 15.6 Å². The maximum Gasteiger partial charge on any atom is 0.354 e. The van der Waals surface area contributed by atoms with E-state index in [-0.39, 0.29) is 23.7 Å². The van der Waals surface area contributed by atoms with Gasteiger partial charge in [0.1, 0.15) is 11.5 Å². The van der Waals surface area contributed by atoms with Crippen LogP contribution in [0.15, 0.2) is 30.3 Å². The first kappa shape index (κ1) is 14.6. The van der Waals surface area contributed by atoms with Crippen LogP contribution in [0.4, 0.5) is 14.9 Å². The highest BCUT2D eigenvalue weighted by Crippen LogP contribution is 2.16. The van der Waals surface area contributed by atoms with Crippen LogP contribution >= 0.6 is 0 Å². The Bertz CT molecular complexity index is 682. The number of aromatic carboxylic acids is 1. The molecule has 21 heavy (non-hydrogen) atoms. The van der Waals surface area contributed by atoms with Crippen molar-refractivity contribution in [2.24, 2.45) is 0 Å². The minimum Gasteiger partial charge on any atom is -0.477 e. The van der Waals surface area contributed by atoms with Gasteiger partial charge >= 0.3 is 12.0 Å². The second-order valence-corrected chi connectivity index (χ2v) is 4.48. The maximum atomic E-state index is 13.0. The van der Waals surface area contributed by atoms with Crippen LogP contribution in [0.5, 0.6) is 0 Å². The Morgan fingerprint density at radius 1 is 1.33 bits per heavy atom. The van der Waals surface area contributed by atoms with Crippen molar-refractivity contribution in [3.63, 3.8) is 0 Å². The first-order valence-corrected chi connectivity index (χ1v) is 6.18. The van der Waals surface area contributed by atoms with Crippen LogP contribution in [-0.2, 0) is 6.54 Å². The molecule has 0 spiro atoms. The average molecular weight is 291 g/mol. The Morgan fingerprint density at radius 2 is 2.10 bits per heavy atom. The zero-order chi connectivity index (χ0) is 15.4. The van der Waals surface area contributed by atoms with E-state index >= 15 is 0 Å². The lowest BCUT2D eigenvalue weighted by molar-refractivity contribution is 0.0692. The number of aromatic nitrogens is 1. The van der Waals surface area contributed by atoms with Gasteiger partial charge in [0.15, 0.2) is 0 Å². The maximum absolute atomic E-state index is 13.0. The number of H-pyrrole nitrogens is 1. The molecule has 0 aliphatic heterocycles. The molecular formula is C14H14FN3O3. The molecule has 2 rings (SSSR count). The molecule has 0 unspecified atom stereocenters. The smallest absolute Gasteiger partial charge is 0.354 e. The predicted molar refractivity (Wildman–Crippen MR) is 74.7 cm³/mol. The number of aromatic amines is 1. The first-order valence-electron chi connectivity index (χ1n) is 6.18. The Labute approximate surface area is 120 Å². The summed E-state index contributed by atoms with van der Waals surface area (Å²) in [4.78, 5) is 25.4. The molecule has 0 atom stereocenters. The van der Waals surface area contributed by atoms with Gasteiger partial charge in [0.25, 0.3) is 0 Å². The molecule has 1 aromatic heterocycles. The van der Waals surface area contributed by atoms with Crippen LogP contribution in [0.25, 0.3) is 0 Å². The fourth-order valence-corrected chi connectivity index (χ4v) is 1.85. The first-order chi connectivity index (χ1) is 9.95. The van der Waals surface area contributed by atoms with Crippen molar-refractivity contribution in [2.75, 3.05) is 5.32 Å². The van der Waals surface area contributed by atoms with Gasteiger partial charge in [-0.15, -0.1) is 0 Å². The summed E-state index contributed by atoms with van der Waals surface area (Å²) >= 11 is 0. The Balaban J connectivity index is 1.97. The number of rotatable bonds is 4. The van der Waals surface area contributed by atoms with E-state index in [1.807, 2.05) is 0 Å². The van der Waals surface area contributed by atoms with Crippen LogP contribution in [0.2, 0.25) is 0 Å². The number of urea groups is 1. The van der Waals surface area contributed by atoms with E-state index < -0.39 is 12.0 Å². The highest BCUT2D eigenvalue weighted by atomic mass is 19.1. The van der Waals surface area contributed by atoms with Gasteiger partial charge in [-0.3, -0.25) is 0 Å². The van der Waals surface area contributed by atoms with Crippen molar-refractivity contribution in [1.82, 2.24) is 10.3 Å². The highest BCUT2D eigenvalue weighted by Gasteiger charge is 2.15. The minimum absolute atomic E-state index is 0.0894. The predicted octanol–water partition coefficient (Wildman–Crippen LogP) is 2.48. The highest BCUT2D eigenvalue weighted by molar-refractivity contribution is 5.99. The number of anilines is 1. The third-order valence-corrected chi connectivity index (χ3v) is 2.76. The number of hydrogen-bond acceptors (Lipinski definition) is 2. The second-order valence-electron chi connectivity index (χ2n) is 4.48. The van der Waals surface area contributed by atoms with E-state index in [4.69, 9.17) is 5.11 Å². The van der Waals surface area contributed by atoms with Gasteiger partial charge < -0.3 is 20.7 Å². The van der Waals surface area contributed by atoms with Crippen molar-refractivity contribution >= 4 is 17.7 Å². The lowest BCUT2D eigenvalue weighted by Crippen LogP contribution is -2.28. The minimum atomic E-state index is -1.16. The Hall–Kier alpha value is -2.83. The summed E-state index contributed by atoms with van der Waals surface area (Å²) in [5.74, 6) is -1.55. The van der Waals surface area contributed by atoms with Gasteiger partial charge in [0, 0.05) is 12.2 Å². The summed E-state index contributed by atoms with van der Waals surface area (Å²) in [6, 6.07) is 6.79. The molecule has 0 aliphatic carbocycles. The fourth-order valence-electron chi connectivity index (χ4n) is 1.85. The van der Waals surface area contributed by atoms with Crippen molar-refractivity contribution in [3.05, 3.63) is 53.1 Å². The number of halogens is 1. The molecule has 0 bridgehead atoms. The van der Waals surface area contributed by atoms with Gasteiger partial charge in [-0.1, -0.05) is 12.1 Å². The molecule has 4 N–H and O–H groups in total. The van der Waals surface area contributed by atoms with Gasteiger partial charge in [-0.25, -0.2) is 14.0 Å². The molecule has 0 radical (unpaired) electrons. The van der Waals surface area contributed by atoms with Gasteiger partial charge in [0.05, 0.1) is 5.69 Å². The lowest BCUT2D eigenvalue weighted by Gasteiger charge is -2.07. The molecule has 0 aliphatic rings. The van der Waals surface area contributed by atoms with E-state index in [1.54, 1.807) is 19.1 Å². The summed E-state index contributed by atoms with van der Waals surface area (Å²) in [6.07, 6.45) is 0. The number of carbonyl (C=O) groups is 2. The molecular weight excluding hydrogens is 277 g/mol. The third kappa shape index (κ3) is 3.82. The number of nitrogens with one attached hydrogen (secondary N) is 3. The molecule has 0 fully saturated rings. The summed E-state index contributed by atoms with van der Waals surface area (Å²) in [5.41, 5.74) is 1.31. The third-order valence-electron chi connectivity index (χ3n) is 2.76. The van der Waals surface area contributed by atoms with Crippen molar-refractivity contribution in [2.45, 2.75) is 13.5 Å². The van der Waals surface area contributed by atoms with E-state index in [9.17, 15) is 14.0 Å². The summed E-state index contributed by atoms with van der Waals surface area (Å²) in [5, 5.41) is 14.0. The summed E-state index contributed by atoms with van der Waals surface area (Å²) in [6.45, 7) is 1.82. The van der Waals surface area contributed by atoms with Crippen LogP contribution < -0.4 is 10.6 Å². The van der Waals surface area contributed by atoms with Crippen LogP contribution in [0.1, 0.15) is 21.7 Å². The molecule has 1 heterocycles. The number of carboxylic acids is 1. The normalized spacial score (nSPS) is 10.2. The van der Waals surface area contributed by atoms with Gasteiger partial charge in [-0.05, 0) is 30.7 Å². The quantitative estimate of drug-likeness (QED) is 0.697. The molecule has 0 saturated heterocycles. The van der Waals surface area contributed by atoms with E-state index in [0.29, 0.717) is 11.3 Å². The van der Waals surface area contributed by atoms with Crippen molar-refractivity contribution < 1.29 is 19.1 Å². The van der Waals surface area contributed by atoms with Crippen molar-refractivity contribution in [1.29, 1.82) is 0 Å². The monoisotopic (exact) mass is 291 g/mol. The zero-order valence-electron chi connectivity index (χ0n) is 11.2. The van der Waals surface area contributed by atoms with Crippen LogP contribution in [0, 0.1) is 12.7 Å². The zero-order valence-corrected chi connectivity index (χ0v) is 11.2. The Kier molecular flexibility index (Phi) is 4.22. The van der Waals surface area contributed by atoms with Gasteiger partial charge in [0.2, 0.25) is 0 Å². The number of aryl methyl sites for hydroxylation is 1. The standard InChI is InChI=1S/C14H14FN3O3/c1-8-5-11(12(17-8)13(19)20)18-14(21)16-7-9-3-2-4-10(15)6-9/h2-6,17H,7H2,1H3,(H,19,20)(H2,16,18,21). The van der Waals surface area contributed by atoms with Crippen LogP contribution in [-0.4, -0.2) is 22.1 Å². The van der Waals surface area contributed by atoms with E-state index in [0.717, 1.165) is 0 Å². The summed E-state index contributed by atoms with van der Waals surface area (Å²) < 4.78 is 13.0. The number of amides is 2. The molecule has 6 nitrogen and oxygen atoms in total. The number of benzene rings is 1. The largest absolute Gasteiger partial charge is 0.477 e. The van der Waals surface area contributed by atoms with Gasteiger partial charge in [-0.2, -0.15) is 0 Å². The van der Waals surface area contributed by atoms with E-state index in [1.165, 1.54) is 18.2 Å². The number of carbonyl (C=O) groups excluding carboxylic acids is 1. The molecule has 0 saturated carbocycles. The molecule has 2 aromatic rings. The Morgan fingerprint density at radius 3 is 2.76 bits per heavy atom. The molecule has 110 valence electrons. The average Bonchev–Trinajstić information content (AvgIpc) is 2.77. The fraction of sp³-hybridized carbons (Fsp3) is 0.143. The molecule has 1 aromatic carbocycles.